The first kappa shape index (κ1) is 19.0. The Morgan fingerprint density at radius 1 is 1.04 bits per heavy atom. The molecule has 0 saturated carbocycles. The monoisotopic (exact) mass is 389 g/mol. The summed E-state index contributed by atoms with van der Waals surface area (Å²) in [6.45, 7) is 0.491. The zero-order valence-electron chi connectivity index (χ0n) is 14.4. The average molecular weight is 389 g/mol. The number of amides is 1. The molecule has 1 saturated heterocycles. The minimum atomic E-state index is -3.26. The minimum absolute atomic E-state index is 0.0506. The van der Waals surface area contributed by atoms with Gasteiger partial charge in [0.15, 0.2) is 9.84 Å². The Bertz CT molecular complexity index is 929. The van der Waals surface area contributed by atoms with Crippen LogP contribution in [0, 0.1) is 10.1 Å². The van der Waals surface area contributed by atoms with Crippen LogP contribution in [0.25, 0.3) is 0 Å². The summed E-state index contributed by atoms with van der Waals surface area (Å²) in [5, 5.41) is 16.6. The highest BCUT2D eigenvalue weighted by molar-refractivity contribution is 7.91. The van der Waals surface area contributed by atoms with E-state index < -0.39 is 32.8 Å². The maximum Gasteiger partial charge on any atom is 0.269 e. The van der Waals surface area contributed by atoms with Crippen molar-refractivity contribution in [1.29, 1.82) is 0 Å². The number of nitro groups is 1. The molecule has 1 aliphatic rings. The van der Waals surface area contributed by atoms with Gasteiger partial charge in [-0.15, -0.1) is 0 Å². The highest BCUT2D eigenvalue weighted by Crippen LogP contribution is 2.16. The van der Waals surface area contributed by atoms with Crippen molar-refractivity contribution in [1.82, 2.24) is 10.6 Å². The van der Waals surface area contributed by atoms with E-state index in [-0.39, 0.29) is 22.8 Å². The van der Waals surface area contributed by atoms with Crippen molar-refractivity contribution < 1.29 is 18.1 Å². The van der Waals surface area contributed by atoms with Gasteiger partial charge in [-0.1, -0.05) is 30.3 Å². The molecule has 2 aromatic carbocycles. The van der Waals surface area contributed by atoms with Crippen LogP contribution in [0.2, 0.25) is 0 Å². The van der Waals surface area contributed by atoms with Gasteiger partial charge in [0, 0.05) is 30.3 Å². The summed E-state index contributed by atoms with van der Waals surface area (Å²) in [6, 6.07) is 13.8. The quantitative estimate of drug-likeness (QED) is 0.567. The normalized spacial score (nSPS) is 20.9. The molecule has 2 atom stereocenters. The summed E-state index contributed by atoms with van der Waals surface area (Å²) < 4.78 is 24.1. The van der Waals surface area contributed by atoms with E-state index >= 15 is 0 Å². The van der Waals surface area contributed by atoms with E-state index in [1.807, 2.05) is 30.3 Å². The molecule has 1 aliphatic heterocycles. The van der Waals surface area contributed by atoms with Gasteiger partial charge in [-0.05, 0) is 17.7 Å². The standard InChI is InChI=1S/C18H19N3O5S/c22-18(14-6-8-15(9-7-14)21(23)24)20-17-12-27(25,26)11-16(17)19-10-13-4-2-1-3-5-13/h1-9,16-17,19H,10-12H2,(H,20,22)/t16-,17+/m0/s1. The molecule has 8 nitrogen and oxygen atoms in total. The summed E-state index contributed by atoms with van der Waals surface area (Å²) >= 11 is 0. The molecule has 0 radical (unpaired) electrons. The number of non-ortho nitro benzene ring substituents is 1. The molecule has 27 heavy (non-hydrogen) atoms. The second kappa shape index (κ2) is 7.85. The van der Waals surface area contributed by atoms with E-state index in [4.69, 9.17) is 0 Å². The Morgan fingerprint density at radius 3 is 2.30 bits per heavy atom. The van der Waals surface area contributed by atoms with Crippen molar-refractivity contribution in [3.63, 3.8) is 0 Å². The topological polar surface area (TPSA) is 118 Å². The van der Waals surface area contributed by atoms with Gasteiger partial charge in [-0.3, -0.25) is 14.9 Å². The number of nitrogens with one attached hydrogen (secondary N) is 2. The van der Waals surface area contributed by atoms with Crippen molar-refractivity contribution >= 4 is 21.4 Å². The Balaban J connectivity index is 1.67. The SMILES string of the molecule is O=C(N[C@@H]1CS(=O)(=O)C[C@@H]1NCc1ccccc1)c1ccc([N+](=O)[O-])cc1. The van der Waals surface area contributed by atoms with E-state index in [0.29, 0.717) is 6.54 Å². The number of hydrogen-bond donors (Lipinski definition) is 2. The smallest absolute Gasteiger partial charge is 0.269 e. The number of sulfone groups is 1. The third-order valence-electron chi connectivity index (χ3n) is 4.42. The molecule has 1 heterocycles. The largest absolute Gasteiger partial charge is 0.347 e. The van der Waals surface area contributed by atoms with Crippen LogP contribution in [0.15, 0.2) is 54.6 Å². The second-order valence-electron chi connectivity index (χ2n) is 6.43. The van der Waals surface area contributed by atoms with Gasteiger partial charge in [0.05, 0.1) is 22.5 Å². The van der Waals surface area contributed by atoms with Crippen LogP contribution in [0.4, 0.5) is 5.69 Å². The Hall–Kier alpha value is -2.78. The van der Waals surface area contributed by atoms with E-state index in [1.165, 1.54) is 24.3 Å². The minimum Gasteiger partial charge on any atom is -0.347 e. The van der Waals surface area contributed by atoms with Gasteiger partial charge in [0.1, 0.15) is 0 Å². The molecule has 0 bridgehead atoms. The molecular formula is C18H19N3O5S. The number of benzene rings is 2. The van der Waals surface area contributed by atoms with Crippen molar-refractivity contribution in [3.05, 3.63) is 75.8 Å². The molecule has 0 aromatic heterocycles. The lowest BCUT2D eigenvalue weighted by atomic mass is 10.1. The molecule has 142 valence electrons. The molecule has 0 spiro atoms. The predicted octanol–water partition coefficient (Wildman–Crippen LogP) is 1.28. The third-order valence-corrected chi connectivity index (χ3v) is 6.15. The van der Waals surface area contributed by atoms with Crippen LogP contribution in [0.3, 0.4) is 0 Å². The zero-order chi connectivity index (χ0) is 19.4. The fraction of sp³-hybridized carbons (Fsp3) is 0.278. The van der Waals surface area contributed by atoms with Gasteiger partial charge >= 0.3 is 0 Å². The summed E-state index contributed by atoms with van der Waals surface area (Å²) in [4.78, 5) is 22.6. The van der Waals surface area contributed by atoms with E-state index in [1.54, 1.807) is 0 Å². The summed E-state index contributed by atoms with van der Waals surface area (Å²) in [6.07, 6.45) is 0. The van der Waals surface area contributed by atoms with E-state index in [2.05, 4.69) is 10.6 Å². The van der Waals surface area contributed by atoms with Crippen LogP contribution in [-0.2, 0) is 16.4 Å². The maximum atomic E-state index is 12.4. The van der Waals surface area contributed by atoms with Crippen molar-refractivity contribution in [3.8, 4) is 0 Å². The van der Waals surface area contributed by atoms with Gasteiger partial charge < -0.3 is 10.6 Å². The molecule has 0 aliphatic carbocycles. The second-order valence-corrected chi connectivity index (χ2v) is 8.59. The zero-order valence-corrected chi connectivity index (χ0v) is 15.2. The van der Waals surface area contributed by atoms with Crippen molar-refractivity contribution in [2.45, 2.75) is 18.6 Å². The lowest BCUT2D eigenvalue weighted by Gasteiger charge is -2.21. The van der Waals surface area contributed by atoms with Gasteiger partial charge in [0.25, 0.3) is 11.6 Å². The first-order valence-corrected chi connectivity index (χ1v) is 10.2. The number of carbonyl (C=O) groups is 1. The Kier molecular flexibility index (Phi) is 5.52. The molecule has 1 fully saturated rings. The molecule has 9 heteroatoms. The predicted molar refractivity (Wildman–Crippen MR) is 100 cm³/mol. The fourth-order valence-corrected chi connectivity index (χ4v) is 4.92. The molecule has 3 rings (SSSR count). The van der Waals surface area contributed by atoms with Crippen LogP contribution < -0.4 is 10.6 Å². The van der Waals surface area contributed by atoms with Gasteiger partial charge in [0.2, 0.25) is 0 Å². The van der Waals surface area contributed by atoms with E-state index in [9.17, 15) is 23.3 Å². The highest BCUT2D eigenvalue weighted by Gasteiger charge is 2.38. The number of carbonyl (C=O) groups excluding carboxylic acids is 1. The molecule has 1 amide bonds. The van der Waals surface area contributed by atoms with Crippen molar-refractivity contribution in [2.24, 2.45) is 0 Å². The molecule has 2 aromatic rings. The molecular weight excluding hydrogens is 370 g/mol. The van der Waals surface area contributed by atoms with Crippen LogP contribution in [0.1, 0.15) is 15.9 Å². The third kappa shape index (κ3) is 4.89. The first-order valence-electron chi connectivity index (χ1n) is 8.37. The first-order chi connectivity index (χ1) is 12.8. The fourth-order valence-electron chi connectivity index (χ4n) is 3.02. The van der Waals surface area contributed by atoms with Crippen LogP contribution in [-0.4, -0.2) is 42.8 Å². The van der Waals surface area contributed by atoms with E-state index in [0.717, 1.165) is 5.56 Å². The van der Waals surface area contributed by atoms with Crippen molar-refractivity contribution in [2.75, 3.05) is 11.5 Å². The summed E-state index contributed by atoms with van der Waals surface area (Å²) in [5.41, 5.74) is 1.14. The Labute approximate surface area is 156 Å². The number of rotatable bonds is 6. The molecule has 0 unspecified atom stereocenters. The number of nitro benzene ring substituents is 1. The lowest BCUT2D eigenvalue weighted by Crippen LogP contribution is -2.49. The van der Waals surface area contributed by atoms with Gasteiger partial charge in [-0.2, -0.15) is 0 Å². The lowest BCUT2D eigenvalue weighted by molar-refractivity contribution is -0.384. The number of nitrogens with zero attached hydrogens (tertiary/aromatic N) is 1. The number of hydrogen-bond acceptors (Lipinski definition) is 6. The van der Waals surface area contributed by atoms with Crippen LogP contribution in [0.5, 0.6) is 0 Å². The Morgan fingerprint density at radius 2 is 1.67 bits per heavy atom. The molecule has 2 N–H and O–H groups in total. The average Bonchev–Trinajstić information content (AvgIpc) is 2.94. The summed E-state index contributed by atoms with van der Waals surface area (Å²) in [7, 11) is -3.26. The van der Waals surface area contributed by atoms with Gasteiger partial charge in [-0.25, -0.2) is 8.42 Å². The maximum absolute atomic E-state index is 12.4. The highest BCUT2D eigenvalue weighted by atomic mass is 32.2. The summed E-state index contributed by atoms with van der Waals surface area (Å²) in [5.74, 6) is -0.651. The van der Waals surface area contributed by atoms with Crippen LogP contribution >= 0.6 is 0 Å².